The number of thiazole rings is 1. The minimum Gasteiger partial charge on any atom is -0.477 e. The summed E-state index contributed by atoms with van der Waals surface area (Å²) in [4.78, 5) is 14.8. The van der Waals surface area contributed by atoms with Gasteiger partial charge in [-0.05, 0) is 12.2 Å². The van der Waals surface area contributed by atoms with E-state index in [1.165, 1.54) is 6.20 Å². The van der Waals surface area contributed by atoms with Crippen LogP contribution in [0.25, 0.3) is 12.2 Å². The van der Waals surface area contributed by atoms with E-state index in [1.807, 2.05) is 19.3 Å². The SMILES string of the molecule is Cn1cc(/C=C/c2ncc(C(=O)O)s2)cn1. The quantitative estimate of drug-likeness (QED) is 0.879. The lowest BCUT2D eigenvalue weighted by molar-refractivity contribution is 0.0702. The minimum atomic E-state index is -0.946. The second-order valence-electron chi connectivity index (χ2n) is 3.15. The third-order valence-electron chi connectivity index (χ3n) is 1.88. The summed E-state index contributed by atoms with van der Waals surface area (Å²) in [7, 11) is 1.84. The Morgan fingerprint density at radius 2 is 2.31 bits per heavy atom. The molecule has 0 fully saturated rings. The van der Waals surface area contributed by atoms with Crippen molar-refractivity contribution in [1.82, 2.24) is 14.8 Å². The lowest BCUT2D eigenvalue weighted by atomic mass is 10.3. The molecule has 0 aliphatic heterocycles. The van der Waals surface area contributed by atoms with Gasteiger partial charge in [0.15, 0.2) is 0 Å². The molecule has 0 atom stereocenters. The van der Waals surface area contributed by atoms with E-state index in [2.05, 4.69) is 10.1 Å². The second kappa shape index (κ2) is 4.28. The molecule has 16 heavy (non-hydrogen) atoms. The van der Waals surface area contributed by atoms with Gasteiger partial charge in [0.05, 0.1) is 12.4 Å². The summed E-state index contributed by atoms with van der Waals surface area (Å²) in [6.07, 6.45) is 8.56. The van der Waals surface area contributed by atoms with Gasteiger partial charge in [0.2, 0.25) is 0 Å². The average molecular weight is 235 g/mol. The van der Waals surface area contributed by atoms with Gasteiger partial charge in [-0.1, -0.05) is 0 Å². The van der Waals surface area contributed by atoms with Crippen LogP contribution < -0.4 is 0 Å². The van der Waals surface area contributed by atoms with Gasteiger partial charge in [-0.25, -0.2) is 9.78 Å². The fraction of sp³-hybridized carbons (Fsp3) is 0.100. The normalized spacial score (nSPS) is 11.1. The summed E-state index contributed by atoms with van der Waals surface area (Å²) in [5.41, 5.74) is 0.953. The molecule has 0 saturated carbocycles. The van der Waals surface area contributed by atoms with Crippen LogP contribution in [-0.4, -0.2) is 25.8 Å². The Morgan fingerprint density at radius 1 is 1.50 bits per heavy atom. The Balaban J connectivity index is 2.14. The van der Waals surface area contributed by atoms with E-state index >= 15 is 0 Å². The van der Waals surface area contributed by atoms with E-state index < -0.39 is 5.97 Å². The zero-order valence-electron chi connectivity index (χ0n) is 8.49. The van der Waals surface area contributed by atoms with Crippen LogP contribution in [0.1, 0.15) is 20.2 Å². The molecule has 0 radical (unpaired) electrons. The third-order valence-corrected chi connectivity index (χ3v) is 2.83. The lowest BCUT2D eigenvalue weighted by Gasteiger charge is -1.83. The van der Waals surface area contributed by atoms with E-state index in [0.29, 0.717) is 5.01 Å². The highest BCUT2D eigenvalue weighted by Gasteiger charge is 2.06. The van der Waals surface area contributed by atoms with Crippen LogP contribution in [-0.2, 0) is 7.05 Å². The maximum Gasteiger partial charge on any atom is 0.347 e. The molecular formula is C10H9N3O2S. The van der Waals surface area contributed by atoms with Gasteiger partial charge in [-0.15, -0.1) is 11.3 Å². The highest BCUT2D eigenvalue weighted by Crippen LogP contribution is 2.15. The second-order valence-corrected chi connectivity index (χ2v) is 4.21. The third kappa shape index (κ3) is 2.34. The zero-order chi connectivity index (χ0) is 11.5. The highest BCUT2D eigenvalue weighted by molar-refractivity contribution is 7.14. The molecule has 2 heterocycles. The van der Waals surface area contributed by atoms with Gasteiger partial charge in [0.1, 0.15) is 9.88 Å². The molecule has 0 bridgehead atoms. The van der Waals surface area contributed by atoms with Crippen LogP contribution >= 0.6 is 11.3 Å². The molecule has 0 spiro atoms. The van der Waals surface area contributed by atoms with Crippen molar-refractivity contribution in [3.8, 4) is 0 Å². The number of nitrogens with zero attached hydrogens (tertiary/aromatic N) is 3. The van der Waals surface area contributed by atoms with Gasteiger partial charge < -0.3 is 5.11 Å². The van der Waals surface area contributed by atoms with Gasteiger partial charge in [0.25, 0.3) is 0 Å². The number of rotatable bonds is 3. The number of aryl methyl sites for hydroxylation is 1. The smallest absolute Gasteiger partial charge is 0.347 e. The van der Waals surface area contributed by atoms with Crippen LogP contribution in [0, 0.1) is 0 Å². The molecule has 0 unspecified atom stereocenters. The molecule has 0 aliphatic carbocycles. The molecule has 6 heteroatoms. The zero-order valence-corrected chi connectivity index (χ0v) is 9.31. The molecule has 0 amide bonds. The fourth-order valence-corrected chi connectivity index (χ4v) is 1.82. The van der Waals surface area contributed by atoms with Crippen molar-refractivity contribution in [2.45, 2.75) is 0 Å². The minimum absolute atomic E-state index is 0.242. The largest absolute Gasteiger partial charge is 0.477 e. The Morgan fingerprint density at radius 3 is 2.88 bits per heavy atom. The predicted molar refractivity (Wildman–Crippen MR) is 61.2 cm³/mol. The monoisotopic (exact) mass is 235 g/mol. The van der Waals surface area contributed by atoms with Crippen molar-refractivity contribution in [3.05, 3.63) is 34.0 Å². The van der Waals surface area contributed by atoms with E-state index in [4.69, 9.17) is 5.11 Å². The summed E-state index contributed by atoms with van der Waals surface area (Å²) in [6.45, 7) is 0. The number of carboxylic acid groups (broad SMARTS) is 1. The van der Waals surface area contributed by atoms with Gasteiger partial charge in [0, 0.05) is 18.8 Å². The molecule has 2 rings (SSSR count). The maximum absolute atomic E-state index is 10.6. The van der Waals surface area contributed by atoms with Crippen molar-refractivity contribution in [2.75, 3.05) is 0 Å². The van der Waals surface area contributed by atoms with Gasteiger partial charge >= 0.3 is 5.97 Å². The maximum atomic E-state index is 10.6. The molecular weight excluding hydrogens is 226 g/mol. The summed E-state index contributed by atoms with van der Waals surface area (Å²) >= 11 is 1.14. The first kappa shape index (κ1) is 10.6. The first-order chi connectivity index (χ1) is 7.65. The molecule has 0 aromatic carbocycles. The van der Waals surface area contributed by atoms with Crippen LogP contribution in [0.4, 0.5) is 0 Å². The molecule has 5 nitrogen and oxygen atoms in total. The number of hydrogen-bond donors (Lipinski definition) is 1. The van der Waals surface area contributed by atoms with Crippen molar-refractivity contribution in [3.63, 3.8) is 0 Å². The van der Waals surface area contributed by atoms with E-state index in [1.54, 1.807) is 17.0 Å². The molecule has 82 valence electrons. The van der Waals surface area contributed by atoms with Crippen LogP contribution in [0.3, 0.4) is 0 Å². The Bertz CT molecular complexity index is 542. The van der Waals surface area contributed by atoms with E-state index in [-0.39, 0.29) is 4.88 Å². The summed E-state index contributed by atoms with van der Waals surface area (Å²) in [5, 5.41) is 13.4. The molecule has 2 aromatic heterocycles. The van der Waals surface area contributed by atoms with Crippen molar-refractivity contribution in [1.29, 1.82) is 0 Å². The molecule has 0 saturated heterocycles. The summed E-state index contributed by atoms with van der Waals surface area (Å²) in [5.74, 6) is -0.946. The van der Waals surface area contributed by atoms with E-state index in [0.717, 1.165) is 16.9 Å². The molecule has 0 aliphatic rings. The molecule has 2 aromatic rings. The number of hydrogen-bond acceptors (Lipinski definition) is 4. The predicted octanol–water partition coefficient (Wildman–Crippen LogP) is 1.75. The Hall–Kier alpha value is -1.95. The average Bonchev–Trinajstić information content (AvgIpc) is 2.83. The number of carbonyl (C=O) groups is 1. The van der Waals surface area contributed by atoms with E-state index in [9.17, 15) is 4.79 Å². The topological polar surface area (TPSA) is 68.0 Å². The first-order valence-electron chi connectivity index (χ1n) is 4.51. The Kier molecular flexibility index (Phi) is 2.82. The summed E-state index contributed by atoms with van der Waals surface area (Å²) < 4.78 is 1.70. The lowest BCUT2D eigenvalue weighted by Crippen LogP contribution is -1.89. The van der Waals surface area contributed by atoms with Crippen molar-refractivity contribution < 1.29 is 9.90 Å². The van der Waals surface area contributed by atoms with Crippen molar-refractivity contribution in [2.24, 2.45) is 7.05 Å². The molecule has 1 N–H and O–H groups in total. The number of carboxylic acids is 1. The van der Waals surface area contributed by atoms with Gasteiger partial charge in [-0.3, -0.25) is 4.68 Å². The first-order valence-corrected chi connectivity index (χ1v) is 5.32. The van der Waals surface area contributed by atoms with Crippen molar-refractivity contribution >= 4 is 29.5 Å². The number of aromatic carboxylic acids is 1. The summed E-state index contributed by atoms with van der Waals surface area (Å²) in [6, 6.07) is 0. The van der Waals surface area contributed by atoms with Crippen LogP contribution in [0.15, 0.2) is 18.6 Å². The fourth-order valence-electron chi connectivity index (χ4n) is 1.16. The standard InChI is InChI=1S/C10H9N3O2S/c1-13-6-7(4-12-13)2-3-9-11-5-8(16-9)10(14)15/h2-6H,1H3,(H,14,15)/b3-2+. The van der Waals surface area contributed by atoms with Crippen LogP contribution in [0.5, 0.6) is 0 Å². The highest BCUT2D eigenvalue weighted by atomic mass is 32.1. The Labute approximate surface area is 95.7 Å². The van der Waals surface area contributed by atoms with Crippen LogP contribution in [0.2, 0.25) is 0 Å². The van der Waals surface area contributed by atoms with Gasteiger partial charge in [-0.2, -0.15) is 5.10 Å². The number of aromatic nitrogens is 3.